The zero-order valence-corrected chi connectivity index (χ0v) is 14.4. The molecule has 9 heteroatoms. The molecule has 0 fully saturated rings. The fourth-order valence-electron chi connectivity index (χ4n) is 2.51. The molecule has 3 aromatic rings. The van der Waals surface area contributed by atoms with Crippen LogP contribution in [0.2, 0.25) is 0 Å². The van der Waals surface area contributed by atoms with Crippen molar-refractivity contribution in [2.24, 2.45) is 5.73 Å². The molecular weight excluding hydrogens is 371 g/mol. The molecule has 0 aliphatic heterocycles. The Hall–Kier alpha value is -3.62. The molecule has 3 rings (SSSR count). The van der Waals surface area contributed by atoms with Crippen LogP contribution in [0.5, 0.6) is 0 Å². The van der Waals surface area contributed by atoms with Gasteiger partial charge in [-0.2, -0.15) is 18.2 Å². The molecule has 0 bridgehead atoms. The van der Waals surface area contributed by atoms with E-state index in [1.165, 1.54) is 24.4 Å². The molecule has 2 aromatic carbocycles. The Kier molecular flexibility index (Phi) is 5.44. The van der Waals surface area contributed by atoms with Crippen molar-refractivity contribution in [3.63, 3.8) is 0 Å². The summed E-state index contributed by atoms with van der Waals surface area (Å²) in [6.07, 6.45) is -3.03. The number of amides is 1. The van der Waals surface area contributed by atoms with Crippen molar-refractivity contribution in [2.75, 3.05) is 10.6 Å². The minimum absolute atomic E-state index is 0.102. The highest BCUT2D eigenvalue weighted by atomic mass is 19.4. The zero-order chi connectivity index (χ0) is 20.1. The van der Waals surface area contributed by atoms with Crippen molar-refractivity contribution in [3.8, 4) is 0 Å². The molecule has 0 saturated carbocycles. The zero-order valence-electron chi connectivity index (χ0n) is 14.4. The van der Waals surface area contributed by atoms with E-state index in [-0.39, 0.29) is 17.5 Å². The molecule has 0 aliphatic carbocycles. The van der Waals surface area contributed by atoms with Gasteiger partial charge in [-0.3, -0.25) is 4.79 Å². The summed E-state index contributed by atoms with van der Waals surface area (Å²) in [5.74, 6) is -0.260. The van der Waals surface area contributed by atoms with Gasteiger partial charge in [0.25, 0.3) is 0 Å². The quantitative estimate of drug-likeness (QED) is 0.597. The van der Waals surface area contributed by atoms with Crippen molar-refractivity contribution < 1.29 is 18.0 Å². The molecule has 1 heterocycles. The average molecular weight is 387 g/mol. The van der Waals surface area contributed by atoms with Crippen LogP contribution in [0.3, 0.4) is 0 Å². The monoisotopic (exact) mass is 387 g/mol. The molecule has 0 unspecified atom stereocenters. The van der Waals surface area contributed by atoms with Gasteiger partial charge in [-0.05, 0) is 29.8 Å². The number of hydrogen-bond acceptors (Lipinski definition) is 5. The minimum Gasteiger partial charge on any atom is -0.368 e. The number of primary amides is 1. The largest absolute Gasteiger partial charge is 0.416 e. The van der Waals surface area contributed by atoms with Gasteiger partial charge in [0, 0.05) is 11.9 Å². The number of nitrogens with two attached hydrogens (primary N) is 1. The number of halogens is 3. The number of rotatable bonds is 6. The number of alkyl halides is 3. The minimum atomic E-state index is -4.44. The normalized spacial score (nSPS) is 12.2. The lowest BCUT2D eigenvalue weighted by atomic mass is 10.1. The van der Waals surface area contributed by atoms with E-state index in [0.717, 1.165) is 12.1 Å². The van der Waals surface area contributed by atoms with E-state index < -0.39 is 23.7 Å². The van der Waals surface area contributed by atoms with Gasteiger partial charge in [-0.1, -0.05) is 36.4 Å². The van der Waals surface area contributed by atoms with E-state index >= 15 is 0 Å². The summed E-state index contributed by atoms with van der Waals surface area (Å²) in [6.45, 7) is 0. The number of aromatic nitrogens is 2. The molecule has 1 amide bonds. The summed E-state index contributed by atoms with van der Waals surface area (Å²) >= 11 is 0. The van der Waals surface area contributed by atoms with Crippen LogP contribution in [-0.4, -0.2) is 15.9 Å². The van der Waals surface area contributed by atoms with E-state index in [0.29, 0.717) is 5.56 Å². The summed E-state index contributed by atoms with van der Waals surface area (Å²) in [5, 5.41) is 5.63. The Balaban J connectivity index is 1.80. The van der Waals surface area contributed by atoms with Gasteiger partial charge in [0.1, 0.15) is 11.9 Å². The molecule has 28 heavy (non-hydrogen) atoms. The van der Waals surface area contributed by atoms with Crippen LogP contribution in [0.1, 0.15) is 17.2 Å². The van der Waals surface area contributed by atoms with E-state index in [2.05, 4.69) is 20.6 Å². The highest BCUT2D eigenvalue weighted by Gasteiger charge is 2.30. The van der Waals surface area contributed by atoms with Crippen molar-refractivity contribution in [2.45, 2.75) is 12.2 Å². The number of carbonyl (C=O) groups excluding carboxylic acids is 1. The van der Waals surface area contributed by atoms with Gasteiger partial charge in [0.15, 0.2) is 0 Å². The topological polar surface area (TPSA) is 92.9 Å². The number of nitrogens with one attached hydrogen (secondary N) is 2. The molecular formula is C19H16F3N5O. The summed E-state index contributed by atoms with van der Waals surface area (Å²) < 4.78 is 38.5. The van der Waals surface area contributed by atoms with Crippen LogP contribution in [0.25, 0.3) is 0 Å². The molecule has 6 nitrogen and oxygen atoms in total. The molecule has 1 atom stereocenters. The second-order valence-electron chi connectivity index (χ2n) is 5.86. The van der Waals surface area contributed by atoms with Gasteiger partial charge in [-0.15, -0.1) is 0 Å². The molecule has 0 saturated heterocycles. The third kappa shape index (κ3) is 4.76. The highest BCUT2D eigenvalue weighted by molar-refractivity contribution is 5.84. The molecule has 144 valence electrons. The van der Waals surface area contributed by atoms with Crippen LogP contribution in [0.4, 0.5) is 30.6 Å². The molecule has 0 spiro atoms. The third-order valence-electron chi connectivity index (χ3n) is 3.81. The maximum atomic E-state index is 12.8. The lowest BCUT2D eigenvalue weighted by Gasteiger charge is -2.16. The number of carbonyl (C=O) groups is 1. The van der Waals surface area contributed by atoms with Crippen molar-refractivity contribution >= 4 is 23.4 Å². The first-order valence-electron chi connectivity index (χ1n) is 8.21. The van der Waals surface area contributed by atoms with Crippen molar-refractivity contribution in [1.29, 1.82) is 0 Å². The van der Waals surface area contributed by atoms with E-state index in [1.807, 2.05) is 0 Å². The number of nitrogens with zero attached hydrogens (tertiary/aromatic N) is 2. The van der Waals surface area contributed by atoms with Crippen molar-refractivity contribution in [1.82, 2.24) is 9.97 Å². The van der Waals surface area contributed by atoms with E-state index in [9.17, 15) is 18.0 Å². The summed E-state index contributed by atoms with van der Waals surface area (Å²) in [4.78, 5) is 20.0. The van der Waals surface area contributed by atoms with Gasteiger partial charge >= 0.3 is 6.18 Å². The fourth-order valence-corrected chi connectivity index (χ4v) is 2.51. The molecule has 0 radical (unpaired) electrons. The molecule has 0 aliphatic rings. The van der Waals surface area contributed by atoms with Crippen LogP contribution in [0.15, 0.2) is 66.9 Å². The van der Waals surface area contributed by atoms with E-state index in [4.69, 9.17) is 5.73 Å². The van der Waals surface area contributed by atoms with Gasteiger partial charge in [0.05, 0.1) is 5.56 Å². The SMILES string of the molecule is NC(=O)[C@H](Nc1nccc(Nc2cccc(C(F)(F)F)c2)n1)c1ccccc1. The first-order chi connectivity index (χ1) is 13.3. The predicted octanol–water partition coefficient (Wildman–Crippen LogP) is 3.88. The first kappa shape index (κ1) is 19.2. The summed E-state index contributed by atoms with van der Waals surface area (Å²) in [5.41, 5.74) is 5.53. The standard InChI is InChI=1S/C19H16F3N5O/c20-19(21,22)13-7-4-8-14(11-13)25-15-9-10-24-18(26-15)27-16(17(23)28)12-5-2-1-3-6-12/h1-11,16H,(H2,23,28)(H2,24,25,26,27)/t16-/m1/s1. The lowest BCUT2D eigenvalue weighted by molar-refractivity contribution is -0.137. The van der Waals surface area contributed by atoms with Crippen LogP contribution in [0, 0.1) is 0 Å². The Morgan fingerprint density at radius 1 is 1.04 bits per heavy atom. The number of anilines is 3. The molecule has 4 N–H and O–H groups in total. The van der Waals surface area contributed by atoms with E-state index in [1.54, 1.807) is 30.3 Å². The summed E-state index contributed by atoms with van der Waals surface area (Å²) in [6, 6.07) is 14.2. The third-order valence-corrected chi connectivity index (χ3v) is 3.81. The number of benzene rings is 2. The van der Waals surface area contributed by atoms with Gasteiger partial charge in [0.2, 0.25) is 11.9 Å². The van der Waals surface area contributed by atoms with Crippen molar-refractivity contribution in [3.05, 3.63) is 78.0 Å². The van der Waals surface area contributed by atoms with Crippen LogP contribution < -0.4 is 16.4 Å². The van der Waals surface area contributed by atoms with Crippen LogP contribution in [-0.2, 0) is 11.0 Å². The Morgan fingerprint density at radius 3 is 2.46 bits per heavy atom. The second kappa shape index (κ2) is 7.95. The highest BCUT2D eigenvalue weighted by Crippen LogP contribution is 2.31. The Labute approximate surface area is 158 Å². The van der Waals surface area contributed by atoms with Gasteiger partial charge in [-0.25, -0.2) is 4.98 Å². The van der Waals surface area contributed by atoms with Gasteiger partial charge < -0.3 is 16.4 Å². The smallest absolute Gasteiger partial charge is 0.368 e. The Bertz CT molecular complexity index is 963. The summed E-state index contributed by atoms with van der Waals surface area (Å²) in [7, 11) is 0. The fraction of sp³-hybridized carbons (Fsp3) is 0.105. The lowest BCUT2D eigenvalue weighted by Crippen LogP contribution is -2.28. The average Bonchev–Trinajstić information content (AvgIpc) is 2.66. The maximum Gasteiger partial charge on any atom is 0.416 e. The Morgan fingerprint density at radius 2 is 1.79 bits per heavy atom. The first-order valence-corrected chi connectivity index (χ1v) is 8.21. The molecule has 1 aromatic heterocycles. The second-order valence-corrected chi connectivity index (χ2v) is 5.86. The predicted molar refractivity (Wildman–Crippen MR) is 98.8 cm³/mol. The van der Waals surface area contributed by atoms with Crippen LogP contribution >= 0.6 is 0 Å². The number of hydrogen-bond donors (Lipinski definition) is 3. The maximum absolute atomic E-state index is 12.8.